The molecule has 0 unspecified atom stereocenters. The Morgan fingerprint density at radius 3 is 2.17 bits per heavy atom. The van der Waals surface area contributed by atoms with Crippen LogP contribution in [0, 0.1) is 5.92 Å². The molecule has 1 amide bonds. The van der Waals surface area contributed by atoms with Gasteiger partial charge in [-0.1, -0.05) is 46.8 Å². The van der Waals surface area contributed by atoms with E-state index >= 15 is 0 Å². The summed E-state index contributed by atoms with van der Waals surface area (Å²) < 4.78 is 26.7. The maximum Gasteiger partial charge on any atom is 0.241 e. The molecule has 0 aliphatic carbocycles. The predicted octanol–water partition coefficient (Wildman–Crippen LogP) is 2.42. The summed E-state index contributed by atoms with van der Waals surface area (Å²) in [5, 5.41) is 2.70. The smallest absolute Gasteiger partial charge is 0.241 e. The maximum absolute atomic E-state index is 12.2. The standard InChI is InChI=1S/C17H28N2O3S/c1-13(2)10-11-18-16(20)12-19-23(21,22)15-8-6-14(7-9-15)17(3,4)5/h6-9,13,19H,10-12H2,1-5H3,(H,18,20). The number of sulfonamides is 1. The predicted molar refractivity (Wildman–Crippen MR) is 92.8 cm³/mol. The van der Waals surface area contributed by atoms with E-state index in [-0.39, 0.29) is 22.8 Å². The number of rotatable bonds is 7. The Labute approximate surface area is 139 Å². The molecule has 5 nitrogen and oxygen atoms in total. The molecule has 0 aliphatic heterocycles. The van der Waals surface area contributed by atoms with Crippen LogP contribution < -0.4 is 10.0 Å². The molecule has 0 saturated carbocycles. The van der Waals surface area contributed by atoms with Gasteiger partial charge in [0.15, 0.2) is 0 Å². The van der Waals surface area contributed by atoms with Crippen molar-refractivity contribution in [1.29, 1.82) is 0 Å². The quantitative estimate of drug-likeness (QED) is 0.800. The Hall–Kier alpha value is -1.40. The Balaban J connectivity index is 2.61. The maximum atomic E-state index is 12.2. The molecule has 0 heterocycles. The second-order valence-corrected chi connectivity index (χ2v) is 8.90. The summed E-state index contributed by atoms with van der Waals surface area (Å²) in [4.78, 5) is 11.8. The topological polar surface area (TPSA) is 75.3 Å². The zero-order valence-corrected chi connectivity index (χ0v) is 15.5. The number of amides is 1. The molecule has 0 atom stereocenters. The normalized spacial score (nSPS) is 12.4. The van der Waals surface area contributed by atoms with E-state index < -0.39 is 10.0 Å². The molecule has 6 heteroatoms. The Kier molecular flexibility index (Phi) is 6.77. The minimum Gasteiger partial charge on any atom is -0.355 e. The van der Waals surface area contributed by atoms with Gasteiger partial charge in [-0.15, -0.1) is 0 Å². The zero-order chi connectivity index (χ0) is 17.7. The Morgan fingerprint density at radius 1 is 1.13 bits per heavy atom. The van der Waals surface area contributed by atoms with Gasteiger partial charge in [-0.25, -0.2) is 13.1 Å². The summed E-state index contributed by atoms with van der Waals surface area (Å²) in [6.45, 7) is 10.6. The van der Waals surface area contributed by atoms with E-state index in [2.05, 4.69) is 44.7 Å². The molecule has 0 saturated heterocycles. The zero-order valence-electron chi connectivity index (χ0n) is 14.6. The Morgan fingerprint density at radius 2 is 1.70 bits per heavy atom. The van der Waals surface area contributed by atoms with Crippen molar-refractivity contribution in [2.75, 3.05) is 13.1 Å². The molecule has 1 rings (SSSR count). The van der Waals surface area contributed by atoms with Crippen LogP contribution in [-0.2, 0) is 20.2 Å². The molecular weight excluding hydrogens is 312 g/mol. The second-order valence-electron chi connectivity index (χ2n) is 7.13. The van der Waals surface area contributed by atoms with E-state index in [1.165, 1.54) is 0 Å². The molecule has 2 N–H and O–H groups in total. The van der Waals surface area contributed by atoms with Crippen LogP contribution in [-0.4, -0.2) is 27.4 Å². The number of carbonyl (C=O) groups is 1. The third-order valence-electron chi connectivity index (χ3n) is 3.50. The van der Waals surface area contributed by atoms with Crippen molar-refractivity contribution in [3.63, 3.8) is 0 Å². The first kappa shape index (κ1) is 19.6. The van der Waals surface area contributed by atoms with Gasteiger partial charge in [-0.05, 0) is 35.4 Å². The van der Waals surface area contributed by atoms with Gasteiger partial charge in [-0.2, -0.15) is 0 Å². The van der Waals surface area contributed by atoms with Crippen LogP contribution in [0.3, 0.4) is 0 Å². The molecule has 0 fully saturated rings. The first-order chi connectivity index (χ1) is 10.5. The molecule has 130 valence electrons. The van der Waals surface area contributed by atoms with E-state index in [9.17, 15) is 13.2 Å². The second kappa shape index (κ2) is 7.93. The van der Waals surface area contributed by atoms with Crippen LogP contribution in [0.4, 0.5) is 0 Å². The highest BCUT2D eigenvalue weighted by molar-refractivity contribution is 7.89. The lowest BCUT2D eigenvalue weighted by molar-refractivity contribution is -0.119. The van der Waals surface area contributed by atoms with Crippen LogP contribution in [0.1, 0.15) is 46.6 Å². The van der Waals surface area contributed by atoms with E-state index in [1.807, 2.05) is 0 Å². The molecule has 0 aromatic heterocycles. The molecule has 23 heavy (non-hydrogen) atoms. The van der Waals surface area contributed by atoms with Crippen LogP contribution >= 0.6 is 0 Å². The van der Waals surface area contributed by atoms with Gasteiger partial charge in [0.1, 0.15) is 0 Å². The van der Waals surface area contributed by atoms with Gasteiger partial charge >= 0.3 is 0 Å². The first-order valence-corrected chi connectivity index (χ1v) is 9.37. The highest BCUT2D eigenvalue weighted by Gasteiger charge is 2.18. The largest absolute Gasteiger partial charge is 0.355 e. The van der Waals surface area contributed by atoms with E-state index in [0.29, 0.717) is 12.5 Å². The monoisotopic (exact) mass is 340 g/mol. The highest BCUT2D eigenvalue weighted by Crippen LogP contribution is 2.23. The third kappa shape index (κ3) is 6.71. The lowest BCUT2D eigenvalue weighted by Crippen LogP contribution is -2.37. The fourth-order valence-corrected chi connectivity index (χ4v) is 2.92. The number of nitrogens with one attached hydrogen (secondary N) is 2. The highest BCUT2D eigenvalue weighted by atomic mass is 32.2. The van der Waals surface area contributed by atoms with Gasteiger partial charge in [0.25, 0.3) is 0 Å². The number of carbonyl (C=O) groups excluding carboxylic acids is 1. The van der Waals surface area contributed by atoms with Crippen molar-refractivity contribution in [3.05, 3.63) is 29.8 Å². The van der Waals surface area contributed by atoms with Gasteiger partial charge < -0.3 is 5.32 Å². The summed E-state index contributed by atoms with van der Waals surface area (Å²) in [5.74, 6) is 0.175. The Bertz CT molecular complexity index is 614. The SMILES string of the molecule is CC(C)CCNC(=O)CNS(=O)(=O)c1ccc(C(C)(C)C)cc1. The van der Waals surface area contributed by atoms with Crippen LogP contribution in [0.2, 0.25) is 0 Å². The minimum atomic E-state index is -3.67. The molecule has 0 radical (unpaired) electrons. The molecule has 1 aromatic rings. The summed E-state index contributed by atoms with van der Waals surface area (Å²) >= 11 is 0. The summed E-state index contributed by atoms with van der Waals surface area (Å²) in [6, 6.07) is 6.74. The molecule has 0 bridgehead atoms. The van der Waals surface area contributed by atoms with Crippen molar-refractivity contribution in [1.82, 2.24) is 10.0 Å². The summed E-state index contributed by atoms with van der Waals surface area (Å²) in [6.07, 6.45) is 0.868. The van der Waals surface area contributed by atoms with Crippen LogP contribution in [0.5, 0.6) is 0 Å². The van der Waals surface area contributed by atoms with Crippen molar-refractivity contribution < 1.29 is 13.2 Å². The average Bonchev–Trinajstić information content (AvgIpc) is 2.44. The van der Waals surface area contributed by atoms with Crippen molar-refractivity contribution in [2.24, 2.45) is 5.92 Å². The summed E-state index contributed by atoms with van der Waals surface area (Å²) in [7, 11) is -3.67. The van der Waals surface area contributed by atoms with Gasteiger partial charge in [0.2, 0.25) is 15.9 Å². The van der Waals surface area contributed by atoms with Crippen LogP contribution in [0.15, 0.2) is 29.2 Å². The summed E-state index contributed by atoms with van der Waals surface area (Å²) in [5.41, 5.74) is 1.02. The van der Waals surface area contributed by atoms with Gasteiger partial charge in [-0.3, -0.25) is 4.79 Å². The van der Waals surface area contributed by atoms with Gasteiger partial charge in [0.05, 0.1) is 11.4 Å². The van der Waals surface area contributed by atoms with E-state index in [1.54, 1.807) is 24.3 Å². The van der Waals surface area contributed by atoms with E-state index in [4.69, 9.17) is 0 Å². The number of hydrogen-bond donors (Lipinski definition) is 2. The van der Waals surface area contributed by atoms with Crippen molar-refractivity contribution >= 4 is 15.9 Å². The van der Waals surface area contributed by atoms with E-state index in [0.717, 1.165) is 12.0 Å². The lowest BCUT2D eigenvalue weighted by Gasteiger charge is -2.19. The number of benzene rings is 1. The fourth-order valence-electron chi connectivity index (χ4n) is 1.94. The van der Waals surface area contributed by atoms with Crippen molar-refractivity contribution in [3.8, 4) is 0 Å². The molecule has 0 aliphatic rings. The molecular formula is C17H28N2O3S. The van der Waals surface area contributed by atoms with Crippen LogP contribution in [0.25, 0.3) is 0 Å². The minimum absolute atomic E-state index is 0.0357. The lowest BCUT2D eigenvalue weighted by atomic mass is 9.87. The van der Waals surface area contributed by atoms with Crippen molar-refractivity contribution in [2.45, 2.75) is 51.3 Å². The van der Waals surface area contributed by atoms with Gasteiger partial charge in [0, 0.05) is 6.54 Å². The molecule has 1 aromatic carbocycles. The molecule has 0 spiro atoms. The fraction of sp³-hybridized carbons (Fsp3) is 0.588. The first-order valence-electron chi connectivity index (χ1n) is 7.89. The number of hydrogen-bond acceptors (Lipinski definition) is 3. The third-order valence-corrected chi connectivity index (χ3v) is 4.91. The average molecular weight is 340 g/mol.